The second-order valence-electron chi connectivity index (χ2n) is 4.41. The minimum absolute atomic E-state index is 0.623. The molecule has 0 aromatic rings. The number of rotatable bonds is 7. The maximum Gasteiger partial charge on any atom is 0.176 e. The number of hydrogen-bond donors (Lipinski definition) is 0. The minimum Gasteiger partial charge on any atom is -0.501 e. The van der Waals surface area contributed by atoms with Crippen LogP contribution in [0.15, 0.2) is 12.1 Å². The second kappa shape index (κ2) is 7.07. The van der Waals surface area contributed by atoms with Crippen molar-refractivity contribution in [3.63, 3.8) is 0 Å². The van der Waals surface area contributed by atoms with Crippen LogP contribution in [-0.4, -0.2) is 21.3 Å². The lowest BCUT2D eigenvalue weighted by molar-refractivity contribution is 0.269. The second-order valence-corrected chi connectivity index (χ2v) is 15.4. The predicted octanol–water partition coefficient (Wildman–Crippen LogP) is 4.40. The minimum atomic E-state index is -2.29. The molecule has 0 rings (SSSR count). The van der Waals surface area contributed by atoms with E-state index in [2.05, 4.69) is 19.6 Å². The zero-order valence-electron chi connectivity index (χ0n) is 9.83. The Hall–Kier alpha value is 0.657. The first kappa shape index (κ1) is 15.7. The van der Waals surface area contributed by atoms with E-state index >= 15 is 0 Å². The van der Waals surface area contributed by atoms with Crippen LogP contribution in [-0.2, 0) is 21.1 Å². The largest absolute Gasteiger partial charge is 0.501 e. The van der Waals surface area contributed by atoms with Gasteiger partial charge in [-0.3, -0.25) is 0 Å². The topological polar surface area (TPSA) is 18.5 Å². The molecule has 0 aliphatic carbocycles. The summed E-state index contributed by atoms with van der Waals surface area (Å²) in [5, 5.41) is 0. The molecule has 2 nitrogen and oxygen atoms in total. The van der Waals surface area contributed by atoms with Crippen LogP contribution in [0.2, 0.25) is 25.7 Å². The van der Waals surface area contributed by atoms with Gasteiger partial charge in [0.15, 0.2) is 5.62 Å². The van der Waals surface area contributed by atoms with Crippen LogP contribution in [0.5, 0.6) is 0 Å². The Balaban J connectivity index is 3.89. The first-order chi connectivity index (χ1) is 6.77. The summed E-state index contributed by atoms with van der Waals surface area (Å²) in [6, 6.07) is 1.08. The van der Waals surface area contributed by atoms with Gasteiger partial charge in [0.2, 0.25) is 0 Å². The Morgan fingerprint density at radius 2 is 2.00 bits per heavy atom. The van der Waals surface area contributed by atoms with Crippen molar-refractivity contribution in [1.29, 1.82) is 0 Å². The summed E-state index contributed by atoms with van der Waals surface area (Å²) in [4.78, 5) is 0. The number of hydrogen-bond acceptors (Lipinski definition) is 3. The van der Waals surface area contributed by atoms with Crippen LogP contribution >= 0.6 is 16.9 Å². The standard InChI is InChI=1S/C9H20ClO2PSSi/c1-5-11-6-8-13(10,14)12-7-9-15(2,3)4/h6,8H,5,7,9H2,1-4H3/b8-6+. The normalized spacial score (nSPS) is 16.6. The molecule has 0 amide bonds. The van der Waals surface area contributed by atoms with Gasteiger partial charge in [0, 0.05) is 13.9 Å². The first-order valence-electron chi connectivity index (χ1n) is 5.00. The van der Waals surface area contributed by atoms with Gasteiger partial charge in [-0.2, -0.15) is 0 Å². The maximum absolute atomic E-state index is 6.05. The van der Waals surface area contributed by atoms with E-state index in [0.717, 1.165) is 6.04 Å². The van der Waals surface area contributed by atoms with Crippen molar-refractivity contribution in [2.45, 2.75) is 32.6 Å². The molecule has 0 aliphatic heterocycles. The van der Waals surface area contributed by atoms with Crippen LogP contribution in [0.1, 0.15) is 6.92 Å². The van der Waals surface area contributed by atoms with Crippen molar-refractivity contribution in [3.8, 4) is 0 Å². The summed E-state index contributed by atoms with van der Waals surface area (Å²) in [6.45, 7) is 10.1. The van der Waals surface area contributed by atoms with Crippen molar-refractivity contribution in [2.75, 3.05) is 13.2 Å². The highest BCUT2D eigenvalue weighted by atomic mass is 35.7. The molecule has 1 unspecified atom stereocenters. The molecule has 0 saturated heterocycles. The molecule has 0 heterocycles. The Morgan fingerprint density at radius 3 is 2.47 bits per heavy atom. The lowest BCUT2D eigenvalue weighted by Crippen LogP contribution is -2.21. The van der Waals surface area contributed by atoms with Gasteiger partial charge >= 0.3 is 0 Å². The Bertz CT molecular complexity index is 253. The van der Waals surface area contributed by atoms with E-state index in [9.17, 15) is 0 Å². The third-order valence-electron chi connectivity index (χ3n) is 1.62. The molecule has 0 radical (unpaired) electrons. The fourth-order valence-corrected chi connectivity index (χ4v) is 2.99. The lowest BCUT2D eigenvalue weighted by atomic mass is 10.9. The number of halogens is 1. The van der Waals surface area contributed by atoms with Crippen LogP contribution in [0.4, 0.5) is 0 Å². The summed E-state index contributed by atoms with van der Waals surface area (Å²) < 4.78 is 10.6. The molecule has 0 fully saturated rings. The van der Waals surface area contributed by atoms with Crippen molar-refractivity contribution in [2.24, 2.45) is 0 Å². The van der Waals surface area contributed by atoms with Crippen LogP contribution in [0.3, 0.4) is 0 Å². The smallest absolute Gasteiger partial charge is 0.176 e. The van der Waals surface area contributed by atoms with Crippen molar-refractivity contribution >= 4 is 36.7 Å². The molecule has 1 atom stereocenters. The molecule has 15 heavy (non-hydrogen) atoms. The highest BCUT2D eigenvalue weighted by Gasteiger charge is 2.15. The predicted molar refractivity (Wildman–Crippen MR) is 75.0 cm³/mol. The Labute approximate surface area is 104 Å². The van der Waals surface area contributed by atoms with E-state index in [1.54, 1.807) is 12.1 Å². The van der Waals surface area contributed by atoms with E-state index < -0.39 is 13.7 Å². The summed E-state index contributed by atoms with van der Waals surface area (Å²) in [6.07, 6.45) is 1.54. The van der Waals surface area contributed by atoms with Gasteiger partial charge in [0.05, 0.1) is 19.5 Å². The van der Waals surface area contributed by atoms with Gasteiger partial charge in [0.25, 0.3) is 0 Å². The molecule has 0 N–H and O–H groups in total. The van der Waals surface area contributed by atoms with Gasteiger partial charge in [-0.05, 0) is 24.8 Å². The lowest BCUT2D eigenvalue weighted by Gasteiger charge is -2.17. The molecular formula is C9H20ClO2PSSi. The van der Waals surface area contributed by atoms with Crippen molar-refractivity contribution in [3.05, 3.63) is 12.1 Å². The monoisotopic (exact) mass is 286 g/mol. The third kappa shape index (κ3) is 10.9. The van der Waals surface area contributed by atoms with E-state index in [1.807, 2.05) is 6.92 Å². The van der Waals surface area contributed by atoms with E-state index in [0.29, 0.717) is 13.2 Å². The van der Waals surface area contributed by atoms with Crippen LogP contribution < -0.4 is 0 Å². The van der Waals surface area contributed by atoms with E-state index in [1.165, 1.54) is 0 Å². The van der Waals surface area contributed by atoms with Gasteiger partial charge < -0.3 is 9.26 Å². The highest BCUT2D eigenvalue weighted by Crippen LogP contribution is 2.54. The molecule has 0 saturated carbocycles. The average molecular weight is 287 g/mol. The van der Waals surface area contributed by atoms with E-state index in [4.69, 9.17) is 32.3 Å². The SMILES string of the molecule is CCO/C=C/P(=S)(Cl)OCC[Si](C)(C)C. The number of ether oxygens (including phenoxy) is 1. The summed E-state index contributed by atoms with van der Waals surface area (Å²) >= 11 is 11.2. The Kier molecular flexibility index (Phi) is 7.38. The zero-order valence-corrected chi connectivity index (χ0v) is 13.3. The van der Waals surface area contributed by atoms with Crippen LogP contribution in [0.25, 0.3) is 0 Å². The quantitative estimate of drug-likeness (QED) is 0.393. The van der Waals surface area contributed by atoms with Crippen molar-refractivity contribution < 1.29 is 9.26 Å². The molecule has 0 aromatic carbocycles. The highest BCUT2D eigenvalue weighted by molar-refractivity contribution is 8.26. The molecule has 0 aromatic heterocycles. The molecule has 90 valence electrons. The molecule has 0 bridgehead atoms. The van der Waals surface area contributed by atoms with Gasteiger partial charge in [-0.1, -0.05) is 30.9 Å². The third-order valence-corrected chi connectivity index (χ3v) is 5.65. The molecule has 6 heteroatoms. The summed E-state index contributed by atoms with van der Waals surface area (Å²) in [5.74, 6) is 1.66. The fourth-order valence-electron chi connectivity index (χ4n) is 0.731. The fraction of sp³-hybridized carbons (Fsp3) is 0.778. The maximum atomic E-state index is 6.05. The Morgan fingerprint density at radius 1 is 1.40 bits per heavy atom. The van der Waals surface area contributed by atoms with Crippen LogP contribution in [0, 0.1) is 0 Å². The van der Waals surface area contributed by atoms with Gasteiger partial charge in [-0.25, -0.2) is 0 Å². The average Bonchev–Trinajstić information content (AvgIpc) is 2.01. The molecule has 0 aliphatic rings. The van der Waals surface area contributed by atoms with Gasteiger partial charge in [-0.15, -0.1) is 0 Å². The zero-order chi connectivity index (χ0) is 11.9. The van der Waals surface area contributed by atoms with E-state index in [-0.39, 0.29) is 0 Å². The van der Waals surface area contributed by atoms with Gasteiger partial charge in [0.1, 0.15) is 0 Å². The van der Waals surface area contributed by atoms with Crippen molar-refractivity contribution in [1.82, 2.24) is 0 Å². The molecule has 0 spiro atoms. The first-order valence-corrected chi connectivity index (χ1v) is 12.4. The summed E-state index contributed by atoms with van der Waals surface area (Å²) in [5.41, 5.74) is -2.29. The summed E-state index contributed by atoms with van der Waals surface area (Å²) in [7, 11) is -1.06. The molecular weight excluding hydrogens is 267 g/mol.